The highest BCUT2D eigenvalue weighted by Gasteiger charge is 2.37. The second-order valence-corrected chi connectivity index (χ2v) is 26.9. The van der Waals surface area contributed by atoms with E-state index in [1.54, 1.807) is 108 Å². The summed E-state index contributed by atoms with van der Waals surface area (Å²) in [6.45, 7) is 6.66. The van der Waals surface area contributed by atoms with Gasteiger partial charge in [-0.05, 0) is 117 Å². The third-order valence-electron chi connectivity index (χ3n) is 16.9. The summed E-state index contributed by atoms with van der Waals surface area (Å²) < 4.78 is 125. The zero-order valence-corrected chi connectivity index (χ0v) is 63.9. The van der Waals surface area contributed by atoms with Gasteiger partial charge in [-0.2, -0.15) is 39.5 Å². The van der Waals surface area contributed by atoms with Crippen molar-refractivity contribution < 1.29 is 77.8 Å². The summed E-state index contributed by atoms with van der Waals surface area (Å²) in [5.74, 6) is -5.43. The van der Waals surface area contributed by atoms with Crippen molar-refractivity contribution >= 4 is 39.9 Å². The number of aromatic carboxylic acids is 1. The van der Waals surface area contributed by atoms with Crippen LogP contribution in [0.3, 0.4) is 0 Å². The van der Waals surface area contributed by atoms with Gasteiger partial charge in [-0.1, -0.05) is 74.5 Å². The number of carboxylic acid groups (broad SMARTS) is 1. The monoisotopic (exact) mass is 1630 g/mol. The van der Waals surface area contributed by atoms with Gasteiger partial charge in [-0.15, -0.1) is 8.42 Å². The molecule has 13 aromatic rings. The zero-order valence-electron chi connectivity index (χ0n) is 63.1. The van der Waals surface area contributed by atoms with Gasteiger partial charge >= 0.3 is 22.1 Å². The van der Waals surface area contributed by atoms with Crippen LogP contribution in [0.15, 0.2) is 235 Å². The minimum absolute atomic E-state index is 0.0524. The first-order valence-corrected chi connectivity index (χ1v) is 36.1. The maximum Gasteiger partial charge on any atom is 0.416 e. The standard InChI is InChI=1S/C23H18F2N6O3.C23H16F2N6O2.C18H14F2N4O2.C8H18N2O4S.C5H6N2O2/c1-30-13-17(11-27-30)23(33)34-29-22(26)15-4-2-3-14(7-15)12-31-21(32)6-5-20(28-31)16-8-18(24)10-19(25)9-16;1-30-13-17(11-26-30)23-27-22(29-33-23)15-4-2-3-14(7-15)12-31-21(32)6-5-20(28-31)16-8-18(24)10-19(25)9-16;19-14-7-13(8-15(20)9-14)16-4-5-17(25)24(22-16)10-11-2-1-3-12(6-11)18(21)23-26;1-5-10(6-2,7-3)15(12,13)9-8(11)14-4;1-7-3-4(2-6-7)5(8)9/h2-11,13H,12H2,1H3,(H2,26,29);2-11,13H,12H2,1H3;1-9,26H,10H2,(H2,21,23);5-7H2,1-4H3;2-3H,1H3,(H,8,9). The fourth-order valence-corrected chi connectivity index (χ4v) is 12.3. The number of hydrogen-bond donors (Lipinski definition) is 4. The number of ether oxygens (including phenoxy) is 1. The number of benzene rings is 6. The first-order valence-electron chi connectivity index (χ1n) is 34.7. The van der Waals surface area contributed by atoms with Gasteiger partial charge in [0.25, 0.3) is 22.6 Å². The molecule has 7 heterocycles. The van der Waals surface area contributed by atoms with E-state index in [-0.39, 0.29) is 91.2 Å². The van der Waals surface area contributed by atoms with Crippen molar-refractivity contribution in [2.24, 2.45) is 47.3 Å². The van der Waals surface area contributed by atoms with Crippen molar-refractivity contribution in [1.29, 1.82) is 0 Å². The summed E-state index contributed by atoms with van der Waals surface area (Å²) in [6, 6.07) is 38.0. The number of quaternary nitrogens is 1. The number of carbonyl (C=O) groups excluding carboxylic acids is 1. The summed E-state index contributed by atoms with van der Waals surface area (Å²) in [5, 5.41) is 62.9. The molecule has 6 aromatic carbocycles. The molecule has 0 atom stereocenters. The molecule has 0 aliphatic rings. The zero-order chi connectivity index (χ0) is 84.8. The molecule has 0 saturated heterocycles. The lowest BCUT2D eigenvalue weighted by Gasteiger charge is -2.31. The Hall–Kier alpha value is -14.8. The third kappa shape index (κ3) is 23.4. The summed E-state index contributed by atoms with van der Waals surface area (Å²) >= 11 is 0. The first kappa shape index (κ1) is 86.2. The van der Waals surface area contributed by atoms with E-state index in [2.05, 4.69) is 60.2 Å². The number of nitrogens with zero attached hydrogens (tertiary/aromatic N) is 18. The molecular formula is C77H72F6N20O13S. The maximum atomic E-state index is 13.6. The molecule has 13 rings (SSSR count). The van der Waals surface area contributed by atoms with Gasteiger partial charge in [0.05, 0.1) is 91.6 Å². The third-order valence-corrected chi connectivity index (χ3v) is 19.0. The molecule has 0 radical (unpaired) electrons. The minimum atomic E-state index is -3.86. The van der Waals surface area contributed by atoms with E-state index in [0.717, 1.165) is 72.0 Å². The Morgan fingerprint density at radius 3 is 1.30 bits per heavy atom. The number of amidine groups is 2. The average molecular weight is 1630 g/mol. The molecule has 7 aromatic heterocycles. The van der Waals surface area contributed by atoms with Crippen LogP contribution in [0.25, 0.3) is 56.6 Å². The molecule has 0 amide bonds. The SMILES string of the molecule is CC[N+](CC)(CC)S(=O)(=O)N=C([O-])OC.Cn1cc(-c2nc(-c3cccc(Cn4nc(-c5cc(F)cc(F)c5)ccc4=O)c3)no2)cn1.Cn1cc(C(=O)O)cn1.Cn1cc(C(=O)O/N=C(\N)c2cccc(Cn3nc(-c4cc(F)cc(F)c4)ccc3=O)c2)cn1.N/C(=N\O)c1cccc(Cn2nc(-c3cc(F)cc(F)c3)ccc2=O)c1. The number of nitrogens with two attached hydrogens (primary N) is 2. The highest BCUT2D eigenvalue weighted by molar-refractivity contribution is 7.84. The van der Waals surface area contributed by atoms with E-state index in [9.17, 15) is 63.8 Å². The van der Waals surface area contributed by atoms with Gasteiger partial charge in [0.2, 0.25) is 5.82 Å². The van der Waals surface area contributed by atoms with E-state index in [0.29, 0.717) is 64.7 Å². The van der Waals surface area contributed by atoms with Crippen LogP contribution >= 0.6 is 0 Å². The summed E-state index contributed by atoms with van der Waals surface area (Å²) in [5.41, 5.74) is 16.7. The fourth-order valence-electron chi connectivity index (χ4n) is 10.9. The van der Waals surface area contributed by atoms with Gasteiger partial charge in [0, 0.05) is 110 Å². The largest absolute Gasteiger partial charge is 0.603 e. The van der Waals surface area contributed by atoms with Gasteiger partial charge < -0.3 is 41.0 Å². The number of rotatable bonds is 21. The predicted octanol–water partition coefficient (Wildman–Crippen LogP) is 8.05. The van der Waals surface area contributed by atoms with Crippen LogP contribution in [0, 0.1) is 34.9 Å². The minimum Gasteiger partial charge on any atom is -0.603 e. The van der Waals surface area contributed by atoms with Gasteiger partial charge in [-0.25, -0.2) is 50.0 Å². The smallest absolute Gasteiger partial charge is 0.416 e. The fraction of sp³-hybridized carbons (Fsp3) is 0.169. The van der Waals surface area contributed by atoms with Crippen molar-refractivity contribution in [2.45, 2.75) is 40.4 Å². The second-order valence-electron chi connectivity index (χ2n) is 25.0. The molecule has 0 saturated carbocycles. The lowest BCUT2D eigenvalue weighted by atomic mass is 10.1. The number of carboxylic acids is 1. The van der Waals surface area contributed by atoms with E-state index in [1.807, 2.05) is 24.3 Å². The van der Waals surface area contributed by atoms with Gasteiger partial charge in [0.1, 0.15) is 34.9 Å². The van der Waals surface area contributed by atoms with Crippen molar-refractivity contribution in [3.05, 3.63) is 306 Å². The molecule has 117 heavy (non-hydrogen) atoms. The molecule has 0 aliphatic carbocycles. The molecular weight excluding hydrogens is 1560 g/mol. The molecule has 0 unspecified atom stereocenters. The number of halogens is 6. The summed E-state index contributed by atoms with van der Waals surface area (Å²) in [4.78, 5) is 68.2. The van der Waals surface area contributed by atoms with Crippen LogP contribution in [-0.4, -0.2) is 148 Å². The van der Waals surface area contributed by atoms with Crippen LogP contribution in [-0.2, 0) is 60.6 Å². The Bertz CT molecular complexity index is 6070. The number of hydrogen-bond acceptors (Lipinski definition) is 22. The highest BCUT2D eigenvalue weighted by atomic mass is 32.2. The molecule has 606 valence electrons. The number of aromatic nitrogens is 14. The Balaban J connectivity index is 0.000000177. The first-order chi connectivity index (χ1) is 55.8. The number of oxime groups is 2. The lowest BCUT2D eigenvalue weighted by molar-refractivity contribution is -0.800. The predicted molar refractivity (Wildman–Crippen MR) is 411 cm³/mol. The van der Waals surface area contributed by atoms with Crippen molar-refractivity contribution in [1.82, 2.24) is 68.8 Å². The van der Waals surface area contributed by atoms with E-state index in [1.165, 1.54) is 79.9 Å². The second kappa shape index (κ2) is 39.1. The van der Waals surface area contributed by atoms with Gasteiger partial charge in [-0.3, -0.25) is 28.4 Å². The average Bonchev–Trinajstić information content (AvgIpc) is 1.58. The van der Waals surface area contributed by atoms with Crippen molar-refractivity contribution in [3.8, 4) is 56.6 Å². The van der Waals surface area contributed by atoms with Crippen LogP contribution in [0.4, 0.5) is 26.3 Å². The Labute approximate surface area is 660 Å². The maximum absolute atomic E-state index is 13.6. The Morgan fingerprint density at radius 2 is 0.923 bits per heavy atom. The van der Waals surface area contributed by atoms with Crippen LogP contribution in [0.2, 0.25) is 0 Å². The molecule has 0 bridgehead atoms. The van der Waals surface area contributed by atoms with Gasteiger partial charge in [0.15, 0.2) is 17.8 Å². The molecule has 0 spiro atoms. The van der Waals surface area contributed by atoms with Crippen LogP contribution in [0.1, 0.15) is 69.3 Å². The molecule has 0 aliphatic heterocycles. The topological polar surface area (TPSA) is 436 Å². The molecule has 0 fully saturated rings. The van der Waals surface area contributed by atoms with E-state index >= 15 is 0 Å². The van der Waals surface area contributed by atoms with Crippen molar-refractivity contribution in [3.63, 3.8) is 0 Å². The number of carbonyl (C=O) groups is 2. The van der Waals surface area contributed by atoms with E-state index in [4.69, 9.17) is 31.1 Å². The van der Waals surface area contributed by atoms with Crippen LogP contribution < -0.4 is 33.3 Å². The number of aryl methyl sites for hydroxylation is 3. The Kier molecular flexibility index (Phi) is 28.8. The number of methoxy groups -OCH3 is 1. The molecule has 6 N–H and O–H groups in total. The highest BCUT2D eigenvalue weighted by Crippen LogP contribution is 2.26. The quantitative estimate of drug-likeness (QED) is 0.0100. The summed E-state index contributed by atoms with van der Waals surface area (Å²) in [7, 11) is 2.36. The molecule has 40 heteroatoms. The lowest BCUT2D eigenvalue weighted by Crippen LogP contribution is -2.51. The summed E-state index contributed by atoms with van der Waals surface area (Å²) in [6.07, 6.45) is 7.89. The van der Waals surface area contributed by atoms with Crippen molar-refractivity contribution in [2.75, 3.05) is 26.7 Å². The van der Waals surface area contributed by atoms with E-state index < -0.39 is 68.7 Å². The molecule has 33 nitrogen and oxygen atoms in total. The Morgan fingerprint density at radius 1 is 0.521 bits per heavy atom. The van der Waals surface area contributed by atoms with Crippen LogP contribution in [0.5, 0.6) is 0 Å². The normalized spacial score (nSPS) is 11.5.